The van der Waals surface area contributed by atoms with E-state index in [0.717, 1.165) is 12.1 Å². The van der Waals surface area contributed by atoms with Crippen molar-refractivity contribution in [1.82, 2.24) is 14.5 Å². The summed E-state index contributed by atoms with van der Waals surface area (Å²) in [5.41, 5.74) is 0.779. The van der Waals surface area contributed by atoms with E-state index in [4.69, 9.17) is 4.98 Å². The molecule has 0 saturated carbocycles. The third kappa shape index (κ3) is 5.44. The van der Waals surface area contributed by atoms with Gasteiger partial charge in [0.1, 0.15) is 5.82 Å². The summed E-state index contributed by atoms with van der Waals surface area (Å²) in [5.74, 6) is 0.0421. The maximum atomic E-state index is 13.6. The molecule has 38 heavy (non-hydrogen) atoms. The number of amides is 1. The number of carbonyl (C=O) groups excluding carboxylic acids is 1. The van der Waals surface area contributed by atoms with Crippen molar-refractivity contribution in [1.29, 1.82) is 5.26 Å². The van der Waals surface area contributed by atoms with Gasteiger partial charge in [0.05, 0.1) is 46.2 Å². The number of carbonyl (C=O) groups is 1. The van der Waals surface area contributed by atoms with Gasteiger partial charge in [-0.15, -0.1) is 0 Å². The average molecular weight is 519 g/mol. The number of fused-ring (bicyclic) bond motifs is 1. The minimum Gasteiger partial charge on any atom is -0.332 e. The molecule has 0 radical (unpaired) electrons. The second-order valence-electron chi connectivity index (χ2n) is 8.92. The molecular formula is C29H25F3N4O2. The quantitative estimate of drug-likeness (QED) is 0.309. The molecule has 0 aliphatic rings. The third-order valence-corrected chi connectivity index (χ3v) is 6.32. The van der Waals surface area contributed by atoms with Crippen molar-refractivity contribution in [2.45, 2.75) is 38.9 Å². The van der Waals surface area contributed by atoms with Crippen LogP contribution in [-0.2, 0) is 17.4 Å². The molecule has 4 rings (SSSR count). The highest BCUT2D eigenvalue weighted by molar-refractivity contribution is 5.80. The Morgan fingerprint density at radius 3 is 2.32 bits per heavy atom. The number of nitrogens with zero attached hydrogens (tertiary/aromatic N) is 4. The summed E-state index contributed by atoms with van der Waals surface area (Å²) in [6.45, 7) is 4.04. The molecule has 0 spiro atoms. The van der Waals surface area contributed by atoms with Crippen LogP contribution in [0.15, 0.2) is 77.6 Å². The van der Waals surface area contributed by atoms with Gasteiger partial charge in [-0.25, -0.2) is 4.98 Å². The van der Waals surface area contributed by atoms with Crippen molar-refractivity contribution >= 4 is 16.8 Å². The third-order valence-electron chi connectivity index (χ3n) is 6.32. The molecule has 1 aromatic heterocycles. The lowest BCUT2D eigenvalue weighted by atomic mass is 10.1. The van der Waals surface area contributed by atoms with Crippen LogP contribution in [-0.4, -0.2) is 26.9 Å². The van der Waals surface area contributed by atoms with E-state index in [2.05, 4.69) is 6.07 Å². The van der Waals surface area contributed by atoms with Gasteiger partial charge in [-0.05, 0) is 67.4 Å². The summed E-state index contributed by atoms with van der Waals surface area (Å²) in [4.78, 5) is 33.4. The van der Waals surface area contributed by atoms with Gasteiger partial charge in [-0.1, -0.05) is 31.2 Å². The van der Waals surface area contributed by atoms with Crippen molar-refractivity contribution in [3.8, 4) is 11.8 Å². The maximum Gasteiger partial charge on any atom is 0.416 e. The number of alkyl halides is 3. The fourth-order valence-corrected chi connectivity index (χ4v) is 4.37. The largest absolute Gasteiger partial charge is 0.416 e. The Balaban J connectivity index is 1.76. The molecule has 0 aliphatic carbocycles. The van der Waals surface area contributed by atoms with Crippen molar-refractivity contribution in [2.24, 2.45) is 0 Å². The first-order valence-corrected chi connectivity index (χ1v) is 12.1. The highest BCUT2D eigenvalue weighted by Gasteiger charge is 2.30. The Morgan fingerprint density at radius 2 is 1.71 bits per heavy atom. The molecule has 0 saturated heterocycles. The van der Waals surface area contributed by atoms with E-state index >= 15 is 0 Å². The van der Waals surface area contributed by atoms with Crippen LogP contribution >= 0.6 is 0 Å². The molecule has 0 aliphatic heterocycles. The van der Waals surface area contributed by atoms with Gasteiger partial charge in [0.25, 0.3) is 5.56 Å². The normalized spacial score (nSPS) is 12.2. The number of para-hydroxylation sites is 1. The van der Waals surface area contributed by atoms with Gasteiger partial charge in [-0.3, -0.25) is 14.2 Å². The summed E-state index contributed by atoms with van der Waals surface area (Å²) >= 11 is 0. The van der Waals surface area contributed by atoms with Gasteiger partial charge >= 0.3 is 6.18 Å². The lowest BCUT2D eigenvalue weighted by Gasteiger charge is -2.30. The summed E-state index contributed by atoms with van der Waals surface area (Å²) in [6.07, 6.45) is -3.93. The molecule has 1 atom stereocenters. The number of hydrogen-bond acceptors (Lipinski definition) is 4. The summed E-state index contributed by atoms with van der Waals surface area (Å²) < 4.78 is 40.3. The van der Waals surface area contributed by atoms with E-state index in [0.29, 0.717) is 46.5 Å². The van der Waals surface area contributed by atoms with Crippen molar-refractivity contribution in [3.63, 3.8) is 0 Å². The molecule has 9 heteroatoms. The van der Waals surface area contributed by atoms with E-state index in [9.17, 15) is 28.0 Å². The van der Waals surface area contributed by atoms with Gasteiger partial charge in [0, 0.05) is 6.54 Å². The standard InChI is InChI=1S/C29H25F3N4O2/c1-3-16-35(26(37)17-20-8-12-22(13-9-20)29(30,31)32)19(2)27-34-25-7-5-4-6-24(25)28(38)36(27)23-14-10-21(18-33)11-15-23/h4-15,19H,3,16-17H2,1-2H3/t19-/m1/s1. The second-order valence-corrected chi connectivity index (χ2v) is 8.92. The van der Waals surface area contributed by atoms with Crippen LogP contribution in [0.1, 0.15) is 48.8 Å². The highest BCUT2D eigenvalue weighted by Crippen LogP contribution is 2.29. The summed E-state index contributed by atoms with van der Waals surface area (Å²) in [5, 5.41) is 9.58. The van der Waals surface area contributed by atoms with E-state index in [-0.39, 0.29) is 17.9 Å². The first-order valence-electron chi connectivity index (χ1n) is 12.1. The molecule has 4 aromatic rings. The Labute approximate surface area is 217 Å². The van der Waals surface area contributed by atoms with Crippen molar-refractivity contribution in [3.05, 3.63) is 106 Å². The van der Waals surface area contributed by atoms with Crippen LogP contribution in [0.2, 0.25) is 0 Å². The molecule has 0 unspecified atom stereocenters. The fourth-order valence-electron chi connectivity index (χ4n) is 4.37. The van der Waals surface area contributed by atoms with Crippen LogP contribution < -0.4 is 5.56 Å². The number of nitriles is 1. The molecule has 194 valence electrons. The van der Waals surface area contributed by atoms with Crippen molar-refractivity contribution < 1.29 is 18.0 Å². The number of halogens is 3. The minimum atomic E-state index is -4.46. The van der Waals surface area contributed by atoms with E-state index in [1.165, 1.54) is 16.7 Å². The van der Waals surface area contributed by atoms with E-state index < -0.39 is 17.8 Å². The number of hydrogen-bond donors (Lipinski definition) is 0. The lowest BCUT2D eigenvalue weighted by molar-refractivity contribution is -0.137. The van der Waals surface area contributed by atoms with Crippen LogP contribution in [0.25, 0.3) is 16.6 Å². The van der Waals surface area contributed by atoms with Gasteiger partial charge < -0.3 is 4.90 Å². The maximum absolute atomic E-state index is 13.6. The average Bonchev–Trinajstić information content (AvgIpc) is 2.91. The smallest absolute Gasteiger partial charge is 0.332 e. The number of aromatic nitrogens is 2. The zero-order valence-electron chi connectivity index (χ0n) is 20.9. The predicted octanol–water partition coefficient (Wildman–Crippen LogP) is 5.82. The second kappa shape index (κ2) is 10.9. The Bertz CT molecular complexity index is 1550. The molecule has 3 aromatic carbocycles. The van der Waals surface area contributed by atoms with E-state index in [1.807, 2.05) is 6.92 Å². The summed E-state index contributed by atoms with van der Waals surface area (Å²) in [6, 6.07) is 19.4. The number of rotatable bonds is 7. The van der Waals surface area contributed by atoms with Crippen LogP contribution in [0.4, 0.5) is 13.2 Å². The zero-order valence-corrected chi connectivity index (χ0v) is 20.9. The molecule has 6 nitrogen and oxygen atoms in total. The van der Waals surface area contributed by atoms with Gasteiger partial charge in [0.2, 0.25) is 5.91 Å². The molecule has 0 fully saturated rings. The zero-order chi connectivity index (χ0) is 27.4. The minimum absolute atomic E-state index is 0.100. The monoisotopic (exact) mass is 518 g/mol. The highest BCUT2D eigenvalue weighted by atomic mass is 19.4. The lowest BCUT2D eigenvalue weighted by Crippen LogP contribution is -2.38. The van der Waals surface area contributed by atoms with Crippen molar-refractivity contribution in [2.75, 3.05) is 6.54 Å². The number of benzene rings is 3. The van der Waals surface area contributed by atoms with Crippen LogP contribution in [0.3, 0.4) is 0 Å². The molecule has 0 N–H and O–H groups in total. The van der Waals surface area contributed by atoms with Gasteiger partial charge in [0.15, 0.2) is 0 Å². The van der Waals surface area contributed by atoms with Crippen LogP contribution in [0.5, 0.6) is 0 Å². The first-order chi connectivity index (χ1) is 18.1. The topological polar surface area (TPSA) is 79.0 Å². The Hall–Kier alpha value is -4.45. The van der Waals surface area contributed by atoms with E-state index in [1.54, 1.807) is 60.4 Å². The molecule has 0 bridgehead atoms. The Kier molecular flexibility index (Phi) is 7.62. The summed E-state index contributed by atoms with van der Waals surface area (Å²) in [7, 11) is 0. The Morgan fingerprint density at radius 1 is 1.05 bits per heavy atom. The first kappa shape index (κ1) is 26.6. The molecular weight excluding hydrogens is 493 g/mol. The fraction of sp³-hybridized carbons (Fsp3) is 0.241. The predicted molar refractivity (Wildman–Crippen MR) is 138 cm³/mol. The molecule has 1 amide bonds. The SMILES string of the molecule is CCCN(C(=O)Cc1ccc(C(F)(F)F)cc1)[C@H](C)c1nc2ccccc2c(=O)n1-c1ccc(C#N)cc1. The van der Waals surface area contributed by atoms with Gasteiger partial charge in [-0.2, -0.15) is 18.4 Å². The molecule has 1 heterocycles. The van der Waals surface area contributed by atoms with Crippen LogP contribution in [0, 0.1) is 11.3 Å².